The maximum atomic E-state index is 11.7. The zero-order valence-corrected chi connectivity index (χ0v) is 9.63. The van der Waals surface area contributed by atoms with Crippen molar-refractivity contribution >= 4 is 5.97 Å². The highest BCUT2D eigenvalue weighted by Gasteiger charge is 2.09. The fourth-order valence-electron chi connectivity index (χ4n) is 1.49. The van der Waals surface area contributed by atoms with E-state index in [4.69, 9.17) is 9.15 Å². The number of carbonyl (C=O) groups is 1. The average molecular weight is 256 g/mol. The Labute approximate surface area is 107 Å². The molecule has 0 atom stereocenters. The molecule has 0 unspecified atom stereocenters. The molecular formula is C12H8N4O3. The number of nitrogens with zero attached hydrogens (tertiary/aromatic N) is 4. The summed E-state index contributed by atoms with van der Waals surface area (Å²) in [7, 11) is 0. The van der Waals surface area contributed by atoms with Gasteiger partial charge in [0, 0.05) is 0 Å². The zero-order valence-electron chi connectivity index (χ0n) is 9.63. The predicted octanol–water partition coefficient (Wildman–Crippen LogP) is 1.47. The van der Waals surface area contributed by atoms with E-state index in [0.29, 0.717) is 11.3 Å². The van der Waals surface area contributed by atoms with Crippen molar-refractivity contribution < 1.29 is 13.9 Å². The first-order chi connectivity index (χ1) is 9.33. The highest BCUT2D eigenvalue weighted by atomic mass is 16.5. The molecule has 3 rings (SSSR count). The van der Waals surface area contributed by atoms with E-state index in [1.807, 2.05) is 0 Å². The molecule has 0 aliphatic rings. The van der Waals surface area contributed by atoms with Gasteiger partial charge < -0.3 is 9.15 Å². The molecule has 0 amide bonds. The molecule has 0 radical (unpaired) electrons. The van der Waals surface area contributed by atoms with Crippen LogP contribution in [0.4, 0.5) is 0 Å². The Morgan fingerprint density at radius 3 is 2.68 bits per heavy atom. The van der Waals surface area contributed by atoms with Crippen LogP contribution in [-0.2, 0) is 0 Å². The summed E-state index contributed by atoms with van der Waals surface area (Å²) in [6, 6.07) is 8.35. The number of carbonyl (C=O) groups excluding carboxylic acids is 1. The van der Waals surface area contributed by atoms with E-state index in [-0.39, 0.29) is 0 Å². The molecule has 2 heterocycles. The summed E-state index contributed by atoms with van der Waals surface area (Å²) in [6.45, 7) is 0. The molecule has 19 heavy (non-hydrogen) atoms. The van der Waals surface area contributed by atoms with Gasteiger partial charge in [-0.15, -0.1) is 5.10 Å². The predicted molar refractivity (Wildman–Crippen MR) is 62.8 cm³/mol. The molecule has 3 aromatic rings. The summed E-state index contributed by atoms with van der Waals surface area (Å²) in [5, 5.41) is 10.8. The minimum atomic E-state index is -0.469. The number of ether oxygens (including phenoxy) is 1. The van der Waals surface area contributed by atoms with Crippen LogP contribution in [-0.4, -0.2) is 26.2 Å². The summed E-state index contributed by atoms with van der Waals surface area (Å²) in [4.78, 5) is 11.7. The van der Waals surface area contributed by atoms with Crippen LogP contribution in [0.5, 0.6) is 5.75 Å². The Balaban J connectivity index is 1.75. The molecule has 0 aliphatic heterocycles. The molecule has 94 valence electrons. The first-order valence-electron chi connectivity index (χ1n) is 5.41. The smallest absolute Gasteiger partial charge is 0.346 e. The van der Waals surface area contributed by atoms with Crippen molar-refractivity contribution in [2.45, 2.75) is 0 Å². The van der Waals surface area contributed by atoms with Crippen molar-refractivity contribution in [1.29, 1.82) is 0 Å². The number of aromatic nitrogens is 4. The largest absolute Gasteiger partial charge is 0.472 e. The quantitative estimate of drug-likeness (QED) is 0.521. The monoisotopic (exact) mass is 256 g/mol. The van der Waals surface area contributed by atoms with Crippen LogP contribution in [0.15, 0.2) is 53.6 Å². The Bertz CT molecular complexity index is 660. The fourth-order valence-corrected chi connectivity index (χ4v) is 1.49. The van der Waals surface area contributed by atoms with Crippen LogP contribution in [0.25, 0.3) is 5.69 Å². The minimum Gasteiger partial charge on any atom is -0.472 e. The number of hydrogen-bond donors (Lipinski definition) is 0. The minimum absolute atomic E-state index is 0.365. The molecule has 7 heteroatoms. The van der Waals surface area contributed by atoms with Crippen LogP contribution in [0, 0.1) is 0 Å². The Hall–Kier alpha value is -2.96. The van der Waals surface area contributed by atoms with Gasteiger partial charge in [-0.05, 0) is 40.8 Å². The second kappa shape index (κ2) is 4.73. The number of esters is 1. The SMILES string of the molecule is O=C(Oc1ccc(-n2cnnn2)cc1)c1ccoc1. The maximum Gasteiger partial charge on any atom is 0.346 e. The molecule has 0 N–H and O–H groups in total. The lowest BCUT2D eigenvalue weighted by molar-refractivity contribution is 0.0734. The first kappa shape index (κ1) is 11.1. The third kappa shape index (κ3) is 2.34. The Morgan fingerprint density at radius 2 is 2.05 bits per heavy atom. The van der Waals surface area contributed by atoms with Crippen molar-refractivity contribution in [3.63, 3.8) is 0 Å². The van der Waals surface area contributed by atoms with Gasteiger partial charge in [0.05, 0.1) is 17.5 Å². The summed E-state index contributed by atoms with van der Waals surface area (Å²) < 4.78 is 11.5. The summed E-state index contributed by atoms with van der Waals surface area (Å²) in [6.07, 6.45) is 4.22. The molecule has 1 aromatic carbocycles. The van der Waals surface area contributed by atoms with E-state index in [1.54, 1.807) is 24.3 Å². The topological polar surface area (TPSA) is 83.0 Å². The third-order valence-corrected chi connectivity index (χ3v) is 2.42. The molecule has 0 aliphatic carbocycles. The van der Waals surface area contributed by atoms with Gasteiger partial charge in [-0.2, -0.15) is 0 Å². The number of benzene rings is 1. The van der Waals surface area contributed by atoms with Crippen molar-refractivity contribution in [2.75, 3.05) is 0 Å². The summed E-state index contributed by atoms with van der Waals surface area (Å²) in [5.74, 6) is -0.0352. The van der Waals surface area contributed by atoms with Crippen LogP contribution in [0.1, 0.15) is 10.4 Å². The second-order valence-electron chi connectivity index (χ2n) is 3.65. The van der Waals surface area contributed by atoms with Crippen LogP contribution in [0.2, 0.25) is 0 Å². The lowest BCUT2D eigenvalue weighted by atomic mass is 10.3. The third-order valence-electron chi connectivity index (χ3n) is 2.42. The number of hydrogen-bond acceptors (Lipinski definition) is 6. The van der Waals surface area contributed by atoms with Crippen LogP contribution >= 0.6 is 0 Å². The van der Waals surface area contributed by atoms with Crippen molar-refractivity contribution in [2.24, 2.45) is 0 Å². The van der Waals surface area contributed by atoms with E-state index in [9.17, 15) is 4.79 Å². The molecule has 0 saturated carbocycles. The lowest BCUT2D eigenvalue weighted by Gasteiger charge is -2.03. The van der Waals surface area contributed by atoms with E-state index in [1.165, 1.54) is 29.6 Å². The maximum absolute atomic E-state index is 11.7. The normalized spacial score (nSPS) is 10.3. The number of rotatable bonds is 3. The van der Waals surface area contributed by atoms with E-state index in [2.05, 4.69) is 15.5 Å². The summed E-state index contributed by atoms with van der Waals surface area (Å²) >= 11 is 0. The summed E-state index contributed by atoms with van der Waals surface area (Å²) in [5.41, 5.74) is 1.14. The van der Waals surface area contributed by atoms with E-state index in [0.717, 1.165) is 5.69 Å². The van der Waals surface area contributed by atoms with Gasteiger partial charge in [-0.3, -0.25) is 0 Å². The molecule has 0 saturated heterocycles. The van der Waals surface area contributed by atoms with Crippen molar-refractivity contribution in [3.8, 4) is 11.4 Å². The standard InChI is InChI=1S/C12H8N4O3/c17-12(9-5-6-18-7-9)19-11-3-1-10(2-4-11)16-8-13-14-15-16/h1-8H. The van der Waals surface area contributed by atoms with Crippen LogP contribution in [0.3, 0.4) is 0 Å². The molecule has 2 aromatic heterocycles. The van der Waals surface area contributed by atoms with Gasteiger partial charge in [0.2, 0.25) is 0 Å². The van der Waals surface area contributed by atoms with Crippen molar-refractivity contribution in [3.05, 3.63) is 54.7 Å². The fraction of sp³-hybridized carbons (Fsp3) is 0. The number of furan rings is 1. The average Bonchev–Trinajstić information content (AvgIpc) is 3.13. The van der Waals surface area contributed by atoms with Gasteiger partial charge in [0.25, 0.3) is 0 Å². The molecule has 0 spiro atoms. The van der Waals surface area contributed by atoms with Gasteiger partial charge >= 0.3 is 5.97 Å². The number of tetrazole rings is 1. The lowest BCUT2D eigenvalue weighted by Crippen LogP contribution is -2.07. The highest BCUT2D eigenvalue weighted by Crippen LogP contribution is 2.16. The van der Waals surface area contributed by atoms with Gasteiger partial charge in [-0.25, -0.2) is 9.48 Å². The van der Waals surface area contributed by atoms with Gasteiger partial charge in [0.1, 0.15) is 18.3 Å². The van der Waals surface area contributed by atoms with Gasteiger partial charge in [-0.1, -0.05) is 0 Å². The molecule has 0 bridgehead atoms. The Kier molecular flexibility index (Phi) is 2.77. The first-order valence-corrected chi connectivity index (χ1v) is 5.41. The van der Waals surface area contributed by atoms with Gasteiger partial charge in [0.15, 0.2) is 0 Å². The van der Waals surface area contributed by atoms with E-state index >= 15 is 0 Å². The zero-order chi connectivity index (χ0) is 13.1. The van der Waals surface area contributed by atoms with Crippen LogP contribution < -0.4 is 4.74 Å². The molecule has 0 fully saturated rings. The Morgan fingerprint density at radius 1 is 1.21 bits per heavy atom. The second-order valence-corrected chi connectivity index (χ2v) is 3.65. The van der Waals surface area contributed by atoms with Crippen molar-refractivity contribution in [1.82, 2.24) is 20.2 Å². The van der Waals surface area contributed by atoms with E-state index < -0.39 is 5.97 Å². The molecule has 7 nitrogen and oxygen atoms in total. The molecular weight excluding hydrogens is 248 g/mol. The highest BCUT2D eigenvalue weighted by molar-refractivity contribution is 5.90.